The highest BCUT2D eigenvalue weighted by Gasteiger charge is 2.19. The van der Waals surface area contributed by atoms with Gasteiger partial charge >= 0.3 is 0 Å². The lowest BCUT2D eigenvalue weighted by atomic mass is 10.0. The van der Waals surface area contributed by atoms with Gasteiger partial charge in [0.05, 0.1) is 22.0 Å². The van der Waals surface area contributed by atoms with Gasteiger partial charge in [0.25, 0.3) is 0 Å². The van der Waals surface area contributed by atoms with Crippen LogP contribution in [0.1, 0.15) is 29.9 Å². The fourth-order valence-corrected chi connectivity index (χ4v) is 4.14. The molecule has 4 rings (SSSR count). The second-order valence-electron chi connectivity index (χ2n) is 6.20. The van der Waals surface area contributed by atoms with E-state index in [4.69, 9.17) is 0 Å². The third-order valence-corrected chi connectivity index (χ3v) is 5.49. The Hall–Kier alpha value is -2.54. The number of rotatable bonds is 4. The molecule has 0 unspecified atom stereocenters. The molecule has 6 nitrogen and oxygen atoms in total. The smallest absolute Gasteiger partial charge is 0.247 e. The number of amides is 1. The number of anilines is 1. The van der Waals surface area contributed by atoms with Crippen LogP contribution in [0.2, 0.25) is 0 Å². The van der Waals surface area contributed by atoms with Crippen LogP contribution in [-0.2, 0) is 24.2 Å². The molecule has 0 atom stereocenters. The molecule has 2 aromatic heterocycles. The number of nitrogens with one attached hydrogen (secondary N) is 1. The van der Waals surface area contributed by atoms with Crippen molar-refractivity contribution in [3.8, 4) is 10.4 Å². The summed E-state index contributed by atoms with van der Waals surface area (Å²) < 4.78 is 1.72. The highest BCUT2D eigenvalue weighted by Crippen LogP contribution is 2.32. The molecule has 128 valence electrons. The molecule has 1 aromatic carbocycles. The molecule has 0 bridgehead atoms. The molecule has 25 heavy (non-hydrogen) atoms. The van der Waals surface area contributed by atoms with Crippen LogP contribution in [0, 0.1) is 6.92 Å². The standard InChI is InChI=1S/C18H19N5OS/c1-12-17(13-7-3-2-4-8-13)25-18(19-12)20-16(24)11-23-15-10-6-5-9-14(15)21-22-23/h2-4,7-8H,5-6,9-11H2,1H3,(H,19,20,24). The van der Waals surface area contributed by atoms with Crippen LogP contribution in [0.15, 0.2) is 30.3 Å². The number of aromatic nitrogens is 4. The quantitative estimate of drug-likeness (QED) is 0.781. The van der Waals surface area contributed by atoms with Crippen LogP contribution in [-0.4, -0.2) is 25.9 Å². The number of hydrogen-bond acceptors (Lipinski definition) is 5. The minimum atomic E-state index is -0.119. The Balaban J connectivity index is 1.47. The lowest BCUT2D eigenvalue weighted by Crippen LogP contribution is -2.21. The Morgan fingerprint density at radius 1 is 1.24 bits per heavy atom. The lowest BCUT2D eigenvalue weighted by Gasteiger charge is -2.11. The van der Waals surface area contributed by atoms with Gasteiger partial charge in [-0.1, -0.05) is 46.9 Å². The largest absolute Gasteiger partial charge is 0.300 e. The number of nitrogens with zero attached hydrogens (tertiary/aromatic N) is 4. The minimum Gasteiger partial charge on any atom is -0.300 e. The van der Waals surface area contributed by atoms with Crippen LogP contribution in [0.4, 0.5) is 5.13 Å². The molecule has 0 saturated heterocycles. The van der Waals surface area contributed by atoms with E-state index < -0.39 is 0 Å². The van der Waals surface area contributed by atoms with E-state index in [2.05, 4.69) is 20.6 Å². The van der Waals surface area contributed by atoms with E-state index >= 15 is 0 Å². The number of aryl methyl sites for hydroxylation is 2. The van der Waals surface area contributed by atoms with Crippen LogP contribution in [0.25, 0.3) is 10.4 Å². The summed E-state index contributed by atoms with van der Waals surface area (Å²) in [5.74, 6) is -0.119. The van der Waals surface area contributed by atoms with E-state index in [0.717, 1.165) is 53.2 Å². The summed E-state index contributed by atoms with van der Waals surface area (Å²) in [6, 6.07) is 10.1. The maximum absolute atomic E-state index is 12.4. The SMILES string of the molecule is Cc1nc(NC(=O)Cn2nnc3c2CCCC3)sc1-c1ccccc1. The van der Waals surface area contributed by atoms with Gasteiger partial charge in [0.2, 0.25) is 5.91 Å². The van der Waals surface area contributed by atoms with Gasteiger partial charge in [-0.05, 0) is 38.2 Å². The van der Waals surface area contributed by atoms with Gasteiger partial charge in [0.1, 0.15) is 6.54 Å². The Morgan fingerprint density at radius 2 is 2.04 bits per heavy atom. The first-order chi connectivity index (χ1) is 12.2. The maximum Gasteiger partial charge on any atom is 0.247 e. The van der Waals surface area contributed by atoms with Crippen molar-refractivity contribution in [3.63, 3.8) is 0 Å². The molecule has 1 aliphatic rings. The van der Waals surface area contributed by atoms with E-state index in [1.807, 2.05) is 37.3 Å². The van der Waals surface area contributed by atoms with Crippen molar-refractivity contribution >= 4 is 22.4 Å². The summed E-state index contributed by atoms with van der Waals surface area (Å²) >= 11 is 1.49. The second-order valence-corrected chi connectivity index (χ2v) is 7.19. The average molecular weight is 353 g/mol. The summed E-state index contributed by atoms with van der Waals surface area (Å²) in [5, 5.41) is 11.9. The number of hydrogen-bond donors (Lipinski definition) is 1. The van der Waals surface area contributed by atoms with E-state index in [9.17, 15) is 4.79 Å². The molecular formula is C18H19N5OS. The zero-order valence-corrected chi connectivity index (χ0v) is 14.8. The van der Waals surface area contributed by atoms with Crippen molar-refractivity contribution in [2.75, 3.05) is 5.32 Å². The molecule has 0 spiro atoms. The zero-order chi connectivity index (χ0) is 17.2. The number of carbonyl (C=O) groups excluding carboxylic acids is 1. The maximum atomic E-state index is 12.4. The van der Waals surface area contributed by atoms with E-state index in [1.165, 1.54) is 11.3 Å². The Kier molecular flexibility index (Phi) is 4.31. The molecule has 3 aromatic rings. The minimum absolute atomic E-state index is 0.119. The van der Waals surface area contributed by atoms with E-state index in [1.54, 1.807) is 4.68 Å². The predicted molar refractivity (Wildman–Crippen MR) is 97.6 cm³/mol. The molecular weight excluding hydrogens is 334 g/mol. The van der Waals surface area contributed by atoms with Crippen LogP contribution in [0.3, 0.4) is 0 Å². The Morgan fingerprint density at radius 3 is 2.88 bits per heavy atom. The number of fused-ring (bicyclic) bond motifs is 1. The third-order valence-electron chi connectivity index (χ3n) is 4.37. The van der Waals surface area contributed by atoms with E-state index in [-0.39, 0.29) is 12.5 Å². The summed E-state index contributed by atoms with van der Waals surface area (Å²) in [4.78, 5) is 18.0. The zero-order valence-electron chi connectivity index (χ0n) is 14.0. The number of carbonyl (C=O) groups is 1. The molecule has 1 aliphatic carbocycles. The van der Waals surface area contributed by atoms with Crippen LogP contribution in [0.5, 0.6) is 0 Å². The summed E-state index contributed by atoms with van der Waals surface area (Å²) in [6.07, 6.45) is 4.19. The van der Waals surface area contributed by atoms with Crippen molar-refractivity contribution in [2.45, 2.75) is 39.2 Å². The Bertz CT molecular complexity index is 900. The van der Waals surface area contributed by atoms with Gasteiger partial charge in [-0.15, -0.1) is 5.10 Å². The van der Waals surface area contributed by atoms with Gasteiger partial charge in [0.15, 0.2) is 5.13 Å². The highest BCUT2D eigenvalue weighted by molar-refractivity contribution is 7.19. The molecule has 1 amide bonds. The summed E-state index contributed by atoms with van der Waals surface area (Å²) in [6.45, 7) is 2.14. The summed E-state index contributed by atoms with van der Waals surface area (Å²) in [5.41, 5.74) is 4.17. The van der Waals surface area contributed by atoms with Crippen molar-refractivity contribution in [1.82, 2.24) is 20.0 Å². The second kappa shape index (κ2) is 6.76. The summed E-state index contributed by atoms with van der Waals surface area (Å²) in [7, 11) is 0. The molecule has 0 aliphatic heterocycles. The molecule has 7 heteroatoms. The topological polar surface area (TPSA) is 72.7 Å². The van der Waals surface area contributed by atoms with Crippen molar-refractivity contribution < 1.29 is 4.79 Å². The molecule has 0 saturated carbocycles. The molecule has 0 radical (unpaired) electrons. The first kappa shape index (κ1) is 16.0. The number of benzene rings is 1. The van der Waals surface area contributed by atoms with Crippen molar-refractivity contribution in [1.29, 1.82) is 0 Å². The van der Waals surface area contributed by atoms with Crippen LogP contribution >= 0.6 is 11.3 Å². The van der Waals surface area contributed by atoms with Crippen molar-refractivity contribution in [3.05, 3.63) is 47.4 Å². The fourth-order valence-electron chi connectivity index (χ4n) is 3.15. The van der Waals surface area contributed by atoms with Gasteiger partial charge in [0, 0.05) is 0 Å². The highest BCUT2D eigenvalue weighted by atomic mass is 32.1. The van der Waals surface area contributed by atoms with Gasteiger partial charge in [-0.2, -0.15) is 0 Å². The molecule has 1 N–H and O–H groups in total. The average Bonchev–Trinajstić information content (AvgIpc) is 3.19. The number of thiazole rings is 1. The fraction of sp³-hybridized carbons (Fsp3) is 0.333. The first-order valence-corrected chi connectivity index (χ1v) is 9.26. The predicted octanol–water partition coefficient (Wildman–Crippen LogP) is 3.23. The van der Waals surface area contributed by atoms with Gasteiger partial charge in [-0.3, -0.25) is 4.79 Å². The lowest BCUT2D eigenvalue weighted by molar-refractivity contribution is -0.117. The van der Waals surface area contributed by atoms with E-state index in [0.29, 0.717) is 5.13 Å². The van der Waals surface area contributed by atoms with Gasteiger partial charge in [-0.25, -0.2) is 9.67 Å². The monoisotopic (exact) mass is 353 g/mol. The van der Waals surface area contributed by atoms with Crippen LogP contribution < -0.4 is 5.32 Å². The van der Waals surface area contributed by atoms with Gasteiger partial charge < -0.3 is 5.32 Å². The molecule has 2 heterocycles. The Labute approximate surface area is 149 Å². The molecule has 0 fully saturated rings. The van der Waals surface area contributed by atoms with Crippen molar-refractivity contribution in [2.24, 2.45) is 0 Å². The first-order valence-electron chi connectivity index (χ1n) is 8.44. The third kappa shape index (κ3) is 3.32. The normalized spacial score (nSPS) is 13.5.